The third-order valence-corrected chi connectivity index (χ3v) is 2.73. The molecule has 0 saturated heterocycles. The van der Waals surface area contributed by atoms with Crippen LogP contribution in [0.2, 0.25) is 0 Å². The molecule has 18 heavy (non-hydrogen) atoms. The lowest BCUT2D eigenvalue weighted by Gasteiger charge is -2.15. The summed E-state index contributed by atoms with van der Waals surface area (Å²) < 4.78 is 5.75. The fourth-order valence-electron chi connectivity index (χ4n) is 1.85. The highest BCUT2D eigenvalue weighted by atomic mass is 16.5. The van der Waals surface area contributed by atoms with Crippen LogP contribution < -0.4 is 10.1 Å². The molecule has 3 nitrogen and oxygen atoms in total. The summed E-state index contributed by atoms with van der Waals surface area (Å²) >= 11 is 0. The third kappa shape index (κ3) is 4.65. The lowest BCUT2D eigenvalue weighted by atomic mass is 10.1. The molecule has 0 amide bonds. The molecule has 1 N–H and O–H groups in total. The minimum absolute atomic E-state index is 0.656. The number of rotatable bonds is 7. The van der Waals surface area contributed by atoms with Crippen molar-refractivity contribution in [2.45, 2.75) is 47.6 Å². The summed E-state index contributed by atoms with van der Waals surface area (Å²) in [5.41, 5.74) is 3.46. The van der Waals surface area contributed by atoms with Crippen molar-refractivity contribution in [2.24, 2.45) is 5.92 Å². The molecule has 0 aliphatic carbocycles. The fraction of sp³-hybridized carbons (Fsp3) is 0.667. The zero-order valence-corrected chi connectivity index (χ0v) is 12.3. The zero-order valence-electron chi connectivity index (χ0n) is 12.3. The van der Waals surface area contributed by atoms with Gasteiger partial charge >= 0.3 is 0 Å². The van der Waals surface area contributed by atoms with Gasteiger partial charge in [0, 0.05) is 17.8 Å². The van der Waals surface area contributed by atoms with Crippen LogP contribution in [0.5, 0.6) is 5.88 Å². The second kappa shape index (κ2) is 7.37. The van der Waals surface area contributed by atoms with Gasteiger partial charge in [-0.2, -0.15) is 0 Å². The van der Waals surface area contributed by atoms with Crippen molar-refractivity contribution in [1.29, 1.82) is 0 Å². The minimum atomic E-state index is 0.656. The molecule has 102 valence electrons. The molecule has 0 spiro atoms. The molecular weight excluding hydrogens is 224 g/mol. The van der Waals surface area contributed by atoms with Gasteiger partial charge in [0.1, 0.15) is 0 Å². The molecule has 0 unspecified atom stereocenters. The van der Waals surface area contributed by atoms with Gasteiger partial charge in [-0.1, -0.05) is 20.8 Å². The van der Waals surface area contributed by atoms with Gasteiger partial charge in [0.2, 0.25) is 5.88 Å². The molecule has 0 bridgehead atoms. The number of nitrogens with zero attached hydrogens (tertiary/aromatic N) is 1. The highest BCUT2D eigenvalue weighted by molar-refractivity contribution is 5.35. The van der Waals surface area contributed by atoms with Gasteiger partial charge in [0.25, 0.3) is 0 Å². The predicted molar refractivity (Wildman–Crippen MR) is 76.0 cm³/mol. The van der Waals surface area contributed by atoms with E-state index in [0.717, 1.165) is 37.7 Å². The average Bonchev–Trinajstić information content (AvgIpc) is 2.28. The highest BCUT2D eigenvalue weighted by Gasteiger charge is 2.10. The lowest BCUT2D eigenvalue weighted by molar-refractivity contribution is 0.299. The quantitative estimate of drug-likeness (QED) is 0.806. The van der Waals surface area contributed by atoms with E-state index in [4.69, 9.17) is 4.74 Å². The molecule has 0 atom stereocenters. The Kier molecular flexibility index (Phi) is 6.13. The molecule has 0 fully saturated rings. The Labute approximate surface area is 111 Å². The van der Waals surface area contributed by atoms with Crippen LogP contribution in [0.15, 0.2) is 6.07 Å². The third-order valence-electron chi connectivity index (χ3n) is 2.73. The average molecular weight is 250 g/mol. The van der Waals surface area contributed by atoms with Crippen molar-refractivity contribution in [2.75, 3.05) is 13.2 Å². The van der Waals surface area contributed by atoms with E-state index in [1.165, 1.54) is 11.1 Å². The van der Waals surface area contributed by atoms with E-state index >= 15 is 0 Å². The van der Waals surface area contributed by atoms with Gasteiger partial charge < -0.3 is 10.1 Å². The normalized spacial score (nSPS) is 11.0. The summed E-state index contributed by atoms with van der Waals surface area (Å²) in [7, 11) is 0. The van der Waals surface area contributed by atoms with Crippen molar-refractivity contribution < 1.29 is 4.74 Å². The van der Waals surface area contributed by atoms with Crippen molar-refractivity contribution in [3.63, 3.8) is 0 Å². The van der Waals surface area contributed by atoms with Crippen LogP contribution in [0.1, 0.15) is 44.0 Å². The second-order valence-electron chi connectivity index (χ2n) is 5.24. The van der Waals surface area contributed by atoms with Crippen LogP contribution in [-0.4, -0.2) is 18.1 Å². The molecule has 1 aromatic rings. The van der Waals surface area contributed by atoms with Gasteiger partial charge in [-0.25, -0.2) is 4.98 Å². The Morgan fingerprint density at radius 3 is 2.67 bits per heavy atom. The van der Waals surface area contributed by atoms with E-state index in [-0.39, 0.29) is 0 Å². The minimum Gasteiger partial charge on any atom is -0.477 e. The summed E-state index contributed by atoms with van der Waals surface area (Å²) in [4.78, 5) is 4.51. The second-order valence-corrected chi connectivity index (χ2v) is 5.24. The summed E-state index contributed by atoms with van der Waals surface area (Å²) in [6, 6.07) is 2.12. The van der Waals surface area contributed by atoms with E-state index in [1.54, 1.807) is 0 Å². The number of hydrogen-bond acceptors (Lipinski definition) is 3. The van der Waals surface area contributed by atoms with E-state index in [0.29, 0.717) is 5.92 Å². The molecule has 1 aromatic heterocycles. The molecule has 0 aromatic carbocycles. The molecule has 0 aliphatic heterocycles. The first-order valence-corrected chi connectivity index (χ1v) is 6.85. The van der Waals surface area contributed by atoms with E-state index in [1.807, 2.05) is 6.92 Å². The van der Waals surface area contributed by atoms with Crippen LogP contribution in [0.3, 0.4) is 0 Å². The topological polar surface area (TPSA) is 34.1 Å². The summed E-state index contributed by atoms with van der Waals surface area (Å²) in [6.07, 6.45) is 1.01. The smallest absolute Gasteiger partial charge is 0.218 e. The molecule has 1 heterocycles. The van der Waals surface area contributed by atoms with Crippen molar-refractivity contribution >= 4 is 0 Å². The SMILES string of the molecule is CCCOc1nc(C)cc(C)c1CNCC(C)C. The first-order valence-electron chi connectivity index (χ1n) is 6.85. The maximum atomic E-state index is 5.75. The van der Waals surface area contributed by atoms with E-state index in [2.05, 4.69) is 44.1 Å². The van der Waals surface area contributed by atoms with Gasteiger partial charge in [-0.3, -0.25) is 0 Å². The number of nitrogens with one attached hydrogen (secondary N) is 1. The van der Waals surface area contributed by atoms with Crippen molar-refractivity contribution in [3.05, 3.63) is 22.9 Å². The molecule has 0 aliphatic rings. The summed E-state index contributed by atoms with van der Waals surface area (Å²) in [5.74, 6) is 1.45. The summed E-state index contributed by atoms with van der Waals surface area (Å²) in [5, 5.41) is 3.46. The molecule has 0 radical (unpaired) electrons. The molecule has 1 rings (SSSR count). The Morgan fingerprint density at radius 2 is 2.06 bits per heavy atom. The van der Waals surface area contributed by atoms with Crippen molar-refractivity contribution in [1.82, 2.24) is 10.3 Å². The Bertz CT molecular complexity index is 375. The number of hydrogen-bond donors (Lipinski definition) is 1. The van der Waals surface area contributed by atoms with Crippen LogP contribution in [-0.2, 0) is 6.54 Å². The largest absolute Gasteiger partial charge is 0.477 e. The number of aryl methyl sites for hydroxylation is 2. The number of aromatic nitrogens is 1. The number of pyridine rings is 1. The van der Waals surface area contributed by atoms with Gasteiger partial charge in [0.15, 0.2) is 0 Å². The molecule has 3 heteroatoms. The zero-order chi connectivity index (χ0) is 13.5. The van der Waals surface area contributed by atoms with Gasteiger partial charge in [-0.05, 0) is 44.4 Å². The van der Waals surface area contributed by atoms with E-state index in [9.17, 15) is 0 Å². The Balaban J connectivity index is 2.78. The predicted octanol–water partition coefficient (Wildman–Crippen LogP) is 3.23. The van der Waals surface area contributed by atoms with Crippen LogP contribution in [0.25, 0.3) is 0 Å². The molecule has 0 saturated carbocycles. The lowest BCUT2D eigenvalue weighted by Crippen LogP contribution is -2.20. The summed E-state index contributed by atoms with van der Waals surface area (Å²) in [6.45, 7) is 13.2. The highest BCUT2D eigenvalue weighted by Crippen LogP contribution is 2.21. The first kappa shape index (κ1) is 15.0. The van der Waals surface area contributed by atoms with Crippen molar-refractivity contribution in [3.8, 4) is 5.88 Å². The maximum Gasteiger partial charge on any atom is 0.218 e. The Hall–Kier alpha value is -1.09. The van der Waals surface area contributed by atoms with Crippen LogP contribution in [0.4, 0.5) is 0 Å². The Morgan fingerprint density at radius 1 is 1.33 bits per heavy atom. The van der Waals surface area contributed by atoms with Crippen LogP contribution in [0, 0.1) is 19.8 Å². The molecular formula is C15H26N2O. The standard InChI is InChI=1S/C15H26N2O/c1-6-7-18-15-14(10-16-9-11(2)3)12(4)8-13(5)17-15/h8,11,16H,6-7,9-10H2,1-5H3. The van der Waals surface area contributed by atoms with Gasteiger partial charge in [0.05, 0.1) is 6.61 Å². The number of ether oxygens (including phenoxy) is 1. The first-order chi connectivity index (χ1) is 8.54. The maximum absolute atomic E-state index is 5.75. The van der Waals surface area contributed by atoms with Gasteiger partial charge in [-0.15, -0.1) is 0 Å². The fourth-order valence-corrected chi connectivity index (χ4v) is 1.85. The monoisotopic (exact) mass is 250 g/mol. The van der Waals surface area contributed by atoms with E-state index < -0.39 is 0 Å². The van der Waals surface area contributed by atoms with Crippen LogP contribution >= 0.6 is 0 Å².